The number of nitrogens with two attached hydrogens (primary N) is 1. The summed E-state index contributed by atoms with van der Waals surface area (Å²) in [6.45, 7) is 1.98. The Bertz CT molecular complexity index is 1480. The fourth-order valence-corrected chi connectivity index (χ4v) is 5.47. The van der Waals surface area contributed by atoms with Crippen LogP contribution in [-0.2, 0) is 6.42 Å². The Labute approximate surface area is 219 Å². The van der Waals surface area contributed by atoms with E-state index in [9.17, 15) is 13.6 Å². The molecule has 0 radical (unpaired) electrons. The number of nitrogens with zero attached hydrogens (tertiary/aromatic N) is 3. The molecule has 0 saturated heterocycles. The van der Waals surface area contributed by atoms with Gasteiger partial charge in [-0.05, 0) is 67.1 Å². The molecule has 4 aromatic rings. The largest absolute Gasteiger partial charge is 0.369 e. The van der Waals surface area contributed by atoms with Crippen LogP contribution in [0.3, 0.4) is 0 Å². The van der Waals surface area contributed by atoms with Gasteiger partial charge < -0.3 is 10.5 Å². The van der Waals surface area contributed by atoms with E-state index >= 15 is 0 Å². The van der Waals surface area contributed by atoms with Crippen molar-refractivity contribution in [3.8, 4) is 11.1 Å². The van der Waals surface area contributed by atoms with Crippen LogP contribution in [0, 0.1) is 11.6 Å². The van der Waals surface area contributed by atoms with Crippen molar-refractivity contribution in [1.82, 2.24) is 14.5 Å². The third-order valence-corrected chi connectivity index (χ3v) is 7.54. The van der Waals surface area contributed by atoms with Gasteiger partial charge in [-0.1, -0.05) is 39.7 Å². The molecule has 6 nitrogen and oxygen atoms in total. The maximum atomic E-state index is 14.1. The molecule has 0 aliphatic heterocycles. The van der Waals surface area contributed by atoms with Crippen LogP contribution in [0.1, 0.15) is 58.2 Å². The molecule has 194 valence electrons. The van der Waals surface area contributed by atoms with Gasteiger partial charge >= 0.3 is 0 Å². The molecule has 2 aromatic carbocycles. The molecule has 5 rings (SSSR count). The monoisotopic (exact) mass is 523 g/mol. The maximum absolute atomic E-state index is 14.1. The Morgan fingerprint density at radius 3 is 2.59 bits per heavy atom. The van der Waals surface area contributed by atoms with Gasteiger partial charge in [0.15, 0.2) is 0 Å². The highest BCUT2D eigenvalue weighted by Gasteiger charge is 2.21. The highest BCUT2D eigenvalue weighted by molar-refractivity contribution is 8.00. The summed E-state index contributed by atoms with van der Waals surface area (Å²) in [7, 11) is 0. The molecule has 37 heavy (non-hydrogen) atoms. The van der Waals surface area contributed by atoms with Crippen molar-refractivity contribution in [3.05, 3.63) is 76.3 Å². The number of rotatable bonds is 6. The minimum Gasteiger partial charge on any atom is -0.369 e. The molecule has 9 heteroatoms. The van der Waals surface area contributed by atoms with Crippen LogP contribution >= 0.6 is 11.9 Å². The summed E-state index contributed by atoms with van der Waals surface area (Å²) in [5.41, 5.74) is 9.80. The van der Waals surface area contributed by atoms with Gasteiger partial charge in [-0.3, -0.25) is 14.3 Å². The number of halogens is 2. The van der Waals surface area contributed by atoms with Crippen LogP contribution in [0.25, 0.3) is 22.0 Å². The molecular weight excluding hydrogens is 492 g/mol. The summed E-state index contributed by atoms with van der Waals surface area (Å²) in [6.07, 6.45) is 7.64. The van der Waals surface area contributed by atoms with Gasteiger partial charge in [0.2, 0.25) is 5.95 Å². The predicted molar refractivity (Wildman–Crippen MR) is 148 cm³/mol. The lowest BCUT2D eigenvalue weighted by molar-refractivity contribution is 0.349. The van der Waals surface area contributed by atoms with Crippen LogP contribution in [0.2, 0.25) is 0 Å². The van der Waals surface area contributed by atoms with Crippen molar-refractivity contribution in [2.24, 2.45) is 0 Å². The number of nitrogens with one attached hydrogen (secondary N) is 1. The van der Waals surface area contributed by atoms with Crippen molar-refractivity contribution < 1.29 is 8.78 Å². The Morgan fingerprint density at radius 2 is 1.86 bits per heavy atom. The Balaban J connectivity index is 0.00000320. The van der Waals surface area contributed by atoms with E-state index in [0.29, 0.717) is 17.3 Å². The number of aromatic nitrogens is 3. The van der Waals surface area contributed by atoms with Crippen LogP contribution in [0.15, 0.2) is 58.4 Å². The van der Waals surface area contributed by atoms with E-state index in [1.807, 2.05) is 25.1 Å². The van der Waals surface area contributed by atoms with Gasteiger partial charge in [0, 0.05) is 23.9 Å². The van der Waals surface area contributed by atoms with Gasteiger partial charge in [0.05, 0.1) is 27.2 Å². The molecule has 1 aliphatic rings. The molecule has 2 aromatic heterocycles. The number of fused-ring (bicyclic) bond motifs is 1. The maximum Gasteiger partial charge on any atom is 0.263 e. The van der Waals surface area contributed by atoms with Crippen molar-refractivity contribution in [3.63, 3.8) is 0 Å². The Hall–Kier alpha value is -3.46. The fourth-order valence-electron chi connectivity index (χ4n) is 4.78. The van der Waals surface area contributed by atoms with E-state index in [2.05, 4.69) is 14.7 Å². The first-order valence-electron chi connectivity index (χ1n) is 12.1. The van der Waals surface area contributed by atoms with Crippen molar-refractivity contribution in [2.45, 2.75) is 63.8 Å². The third kappa shape index (κ3) is 5.46. The van der Waals surface area contributed by atoms with Gasteiger partial charge in [0.1, 0.15) is 11.6 Å². The summed E-state index contributed by atoms with van der Waals surface area (Å²) in [4.78, 5) is 22.8. The highest BCUT2D eigenvalue weighted by Crippen LogP contribution is 2.32. The molecule has 0 spiro atoms. The van der Waals surface area contributed by atoms with Crippen LogP contribution in [0.5, 0.6) is 0 Å². The molecule has 3 N–H and O–H groups in total. The minimum atomic E-state index is -0.634. The molecule has 2 heterocycles. The van der Waals surface area contributed by atoms with E-state index in [0.717, 1.165) is 66.2 Å². The number of pyridine rings is 1. The molecule has 0 unspecified atom stereocenters. The van der Waals surface area contributed by atoms with Gasteiger partial charge in [-0.15, -0.1) is 0 Å². The molecule has 0 amide bonds. The van der Waals surface area contributed by atoms with Gasteiger partial charge in [-0.2, -0.15) is 0 Å². The van der Waals surface area contributed by atoms with Crippen LogP contribution < -0.4 is 16.0 Å². The molecule has 1 fully saturated rings. The Kier molecular flexibility index (Phi) is 8.12. The standard InChI is InChI=1S/C27H27F2N5OS.CH4/c1-2-22-24(33-36-25-11-9-18(28)14-21(25)29)13-17(15-31-22)16-8-10-23-20(12-16)26(35)34(27(30)32-23)19-6-4-3-5-7-19;/h8-15,19,33H,2-7H2,1H3,(H2,30,32);1H4. The van der Waals surface area contributed by atoms with Crippen LogP contribution in [0.4, 0.5) is 20.4 Å². The lowest BCUT2D eigenvalue weighted by Crippen LogP contribution is -2.29. The van der Waals surface area contributed by atoms with E-state index in [1.54, 1.807) is 16.8 Å². The van der Waals surface area contributed by atoms with E-state index < -0.39 is 11.6 Å². The zero-order valence-corrected chi connectivity index (χ0v) is 20.7. The summed E-state index contributed by atoms with van der Waals surface area (Å²) in [6, 6.07) is 11.0. The first-order chi connectivity index (χ1) is 17.4. The smallest absolute Gasteiger partial charge is 0.263 e. The average molecular weight is 524 g/mol. The number of nitrogen functional groups attached to an aromatic ring is 1. The lowest BCUT2D eigenvalue weighted by Gasteiger charge is -2.25. The zero-order chi connectivity index (χ0) is 25.2. The SMILES string of the molecule is C.CCc1ncc(-c2ccc3nc(N)n(C4CCCCC4)c(=O)c3c2)cc1NSc1ccc(F)cc1F. The van der Waals surface area contributed by atoms with Gasteiger partial charge in [-0.25, -0.2) is 13.8 Å². The lowest BCUT2D eigenvalue weighted by atomic mass is 9.95. The number of hydrogen-bond acceptors (Lipinski definition) is 6. The van der Waals surface area contributed by atoms with E-state index in [4.69, 9.17) is 5.73 Å². The second-order valence-corrected chi connectivity index (χ2v) is 9.87. The molecule has 0 atom stereocenters. The predicted octanol–water partition coefficient (Wildman–Crippen LogP) is 7.14. The van der Waals surface area contributed by atoms with Gasteiger partial charge in [0.25, 0.3) is 5.56 Å². The summed E-state index contributed by atoms with van der Waals surface area (Å²) in [5.74, 6) is -0.993. The first kappa shape index (κ1) is 26.6. The average Bonchev–Trinajstić information content (AvgIpc) is 2.88. The number of anilines is 2. The minimum absolute atomic E-state index is 0. The second-order valence-electron chi connectivity index (χ2n) is 9.02. The van der Waals surface area contributed by atoms with E-state index in [-0.39, 0.29) is 29.9 Å². The fraction of sp³-hybridized carbons (Fsp3) is 0.321. The quantitative estimate of drug-likeness (QED) is 0.261. The topological polar surface area (TPSA) is 85.8 Å². The highest BCUT2D eigenvalue weighted by atomic mass is 32.2. The molecule has 1 aliphatic carbocycles. The second kappa shape index (κ2) is 11.3. The Morgan fingerprint density at radius 1 is 1.08 bits per heavy atom. The summed E-state index contributed by atoms with van der Waals surface area (Å²) < 4.78 is 32.2. The number of aryl methyl sites for hydroxylation is 1. The van der Waals surface area contributed by atoms with E-state index in [1.165, 1.54) is 18.6 Å². The summed E-state index contributed by atoms with van der Waals surface area (Å²) in [5, 5.41) is 0.518. The molecule has 0 bridgehead atoms. The third-order valence-electron chi connectivity index (χ3n) is 6.67. The number of benzene rings is 2. The van der Waals surface area contributed by atoms with Crippen LogP contribution in [-0.4, -0.2) is 14.5 Å². The molecule has 1 saturated carbocycles. The van der Waals surface area contributed by atoms with Crippen molar-refractivity contribution in [2.75, 3.05) is 10.5 Å². The first-order valence-corrected chi connectivity index (χ1v) is 12.9. The van der Waals surface area contributed by atoms with Crippen molar-refractivity contribution in [1.29, 1.82) is 0 Å². The zero-order valence-electron chi connectivity index (χ0n) is 19.9. The number of hydrogen-bond donors (Lipinski definition) is 2. The normalized spacial score (nSPS) is 13.9. The molecular formula is C28H31F2N5OS. The summed E-state index contributed by atoms with van der Waals surface area (Å²) >= 11 is 1.06. The van der Waals surface area contributed by atoms with Crippen molar-refractivity contribution >= 4 is 34.5 Å².